The van der Waals surface area contributed by atoms with E-state index in [0.29, 0.717) is 35.3 Å². The predicted molar refractivity (Wildman–Crippen MR) is 121 cm³/mol. The zero-order valence-corrected chi connectivity index (χ0v) is 18.9. The molecule has 3 N–H and O–H groups in total. The van der Waals surface area contributed by atoms with Crippen molar-refractivity contribution in [2.75, 3.05) is 18.5 Å². The largest absolute Gasteiger partial charge is 0.484 e. The Bertz CT molecular complexity index is 1150. The summed E-state index contributed by atoms with van der Waals surface area (Å²) in [5.41, 5.74) is 0.985. The topological polar surface area (TPSA) is 106 Å². The van der Waals surface area contributed by atoms with Crippen molar-refractivity contribution in [2.45, 2.75) is 31.3 Å². The normalized spacial score (nSPS) is 24.6. The van der Waals surface area contributed by atoms with Crippen LogP contribution in [0.25, 0.3) is 0 Å². The quantitative estimate of drug-likeness (QED) is 0.581. The fourth-order valence-corrected chi connectivity index (χ4v) is 4.93. The van der Waals surface area contributed by atoms with Crippen molar-refractivity contribution < 1.29 is 28.2 Å². The zero-order chi connectivity index (χ0) is 23.8. The van der Waals surface area contributed by atoms with Crippen LogP contribution in [0, 0.1) is 17.7 Å². The first-order valence-corrected chi connectivity index (χ1v) is 11.5. The van der Waals surface area contributed by atoms with Gasteiger partial charge in [0.25, 0.3) is 17.7 Å². The van der Waals surface area contributed by atoms with E-state index in [9.17, 15) is 18.8 Å². The highest BCUT2D eigenvalue weighted by atomic mass is 35.5. The van der Waals surface area contributed by atoms with Gasteiger partial charge in [0.15, 0.2) is 13.2 Å². The third-order valence-electron chi connectivity index (χ3n) is 6.66. The molecule has 34 heavy (non-hydrogen) atoms. The van der Waals surface area contributed by atoms with Gasteiger partial charge in [-0.1, -0.05) is 11.6 Å². The van der Waals surface area contributed by atoms with Crippen molar-refractivity contribution in [3.63, 3.8) is 0 Å². The van der Waals surface area contributed by atoms with Crippen molar-refractivity contribution in [1.82, 2.24) is 10.6 Å². The van der Waals surface area contributed by atoms with E-state index in [0.717, 1.165) is 18.9 Å². The predicted octanol–water partition coefficient (Wildman–Crippen LogP) is 2.90. The van der Waals surface area contributed by atoms with E-state index in [1.54, 1.807) is 18.2 Å². The summed E-state index contributed by atoms with van der Waals surface area (Å²) in [6, 6.07) is 8.79. The fraction of sp³-hybridized carbons (Fsp3) is 0.375. The lowest BCUT2D eigenvalue weighted by Crippen LogP contribution is -2.60. The number of nitrogens with one attached hydrogen (secondary N) is 3. The van der Waals surface area contributed by atoms with Gasteiger partial charge < -0.3 is 25.4 Å². The second kappa shape index (κ2) is 9.13. The first-order chi connectivity index (χ1) is 16.4. The lowest BCUT2D eigenvalue weighted by molar-refractivity contribution is -0.125. The molecule has 8 nitrogen and oxygen atoms in total. The lowest BCUT2D eigenvalue weighted by Gasteiger charge is -2.51. The molecule has 0 aromatic heterocycles. The van der Waals surface area contributed by atoms with Crippen LogP contribution in [0.5, 0.6) is 11.5 Å². The van der Waals surface area contributed by atoms with Gasteiger partial charge in [-0.15, -0.1) is 0 Å². The van der Waals surface area contributed by atoms with Gasteiger partial charge in [-0.25, -0.2) is 4.39 Å². The minimum Gasteiger partial charge on any atom is -0.484 e. The number of fused-ring (bicyclic) bond motifs is 3. The molecule has 0 spiro atoms. The van der Waals surface area contributed by atoms with Gasteiger partial charge in [0.2, 0.25) is 0 Å². The molecule has 3 amide bonds. The molecular formula is C24H23ClFN3O5. The summed E-state index contributed by atoms with van der Waals surface area (Å²) in [6.07, 6.45) is 2.48. The smallest absolute Gasteiger partial charge is 0.262 e. The molecule has 0 saturated heterocycles. The highest BCUT2D eigenvalue weighted by molar-refractivity contribution is 6.30. The van der Waals surface area contributed by atoms with Crippen molar-refractivity contribution in [1.29, 1.82) is 0 Å². The number of ether oxygens (including phenoxy) is 2. The number of hydrogen-bond acceptors (Lipinski definition) is 5. The van der Waals surface area contributed by atoms with Crippen LogP contribution in [0.3, 0.4) is 0 Å². The molecule has 1 heterocycles. The Balaban J connectivity index is 1.15. The van der Waals surface area contributed by atoms with Crippen LogP contribution in [0.1, 0.15) is 29.6 Å². The molecule has 3 saturated carbocycles. The molecule has 0 radical (unpaired) electrons. The Labute approximate surface area is 200 Å². The average Bonchev–Trinajstić information content (AvgIpc) is 2.78. The molecule has 178 valence electrons. The van der Waals surface area contributed by atoms with Crippen LogP contribution >= 0.6 is 11.6 Å². The zero-order valence-electron chi connectivity index (χ0n) is 18.1. The van der Waals surface area contributed by atoms with E-state index in [-0.39, 0.29) is 53.8 Å². The molecule has 2 aromatic rings. The van der Waals surface area contributed by atoms with E-state index in [2.05, 4.69) is 16.0 Å². The van der Waals surface area contributed by atoms with E-state index < -0.39 is 5.82 Å². The number of anilines is 1. The fourth-order valence-electron chi connectivity index (χ4n) is 4.81. The van der Waals surface area contributed by atoms with E-state index in [1.807, 2.05) is 0 Å². The van der Waals surface area contributed by atoms with Crippen LogP contribution < -0.4 is 25.4 Å². The molecule has 6 rings (SSSR count). The van der Waals surface area contributed by atoms with Gasteiger partial charge in [0.05, 0.1) is 10.7 Å². The van der Waals surface area contributed by atoms with Crippen molar-refractivity contribution in [2.24, 2.45) is 11.8 Å². The second-order valence-electron chi connectivity index (χ2n) is 8.89. The number of rotatable bonds is 6. The number of amides is 3. The number of hydrogen-bond donors (Lipinski definition) is 3. The number of benzene rings is 2. The molecule has 4 aliphatic rings. The Kier molecular flexibility index (Phi) is 6.03. The summed E-state index contributed by atoms with van der Waals surface area (Å²) in [5, 5.41) is 8.78. The molecular weight excluding hydrogens is 465 g/mol. The Hall–Kier alpha value is -3.33. The highest BCUT2D eigenvalue weighted by Gasteiger charge is 2.47. The summed E-state index contributed by atoms with van der Waals surface area (Å²) in [7, 11) is 0. The van der Waals surface area contributed by atoms with Gasteiger partial charge in [-0.2, -0.15) is 0 Å². The van der Waals surface area contributed by atoms with Crippen LogP contribution in [-0.2, 0) is 9.59 Å². The van der Waals surface area contributed by atoms with Crippen molar-refractivity contribution >= 4 is 35.0 Å². The van der Waals surface area contributed by atoms with Crippen LogP contribution in [-0.4, -0.2) is 43.0 Å². The maximum Gasteiger partial charge on any atom is 0.262 e. The third kappa shape index (κ3) is 4.65. The summed E-state index contributed by atoms with van der Waals surface area (Å²) < 4.78 is 24.3. The van der Waals surface area contributed by atoms with Gasteiger partial charge in [-0.3, -0.25) is 14.4 Å². The lowest BCUT2D eigenvalue weighted by atomic mass is 9.60. The molecule has 1 aliphatic heterocycles. The second-order valence-corrected chi connectivity index (χ2v) is 9.30. The van der Waals surface area contributed by atoms with E-state index in [1.165, 1.54) is 12.1 Å². The van der Waals surface area contributed by atoms with E-state index >= 15 is 0 Å². The summed E-state index contributed by atoms with van der Waals surface area (Å²) in [4.78, 5) is 36.7. The Morgan fingerprint density at radius 1 is 1.09 bits per heavy atom. The molecule has 2 atom stereocenters. The minimum atomic E-state index is -0.610. The SMILES string of the molecule is O=C1COc2cc(C(=O)N[C@H]3C[C@@H](NC(=O)COc4ccc(Cl)c(F)c4)C4CC3C4)ccc2N1. The number of carbonyl (C=O) groups is 3. The molecule has 2 bridgehead atoms. The molecule has 10 heteroatoms. The van der Waals surface area contributed by atoms with Crippen LogP contribution in [0.15, 0.2) is 36.4 Å². The van der Waals surface area contributed by atoms with Crippen LogP contribution in [0.4, 0.5) is 10.1 Å². The van der Waals surface area contributed by atoms with Crippen LogP contribution in [0.2, 0.25) is 5.02 Å². The van der Waals surface area contributed by atoms with Gasteiger partial charge in [-0.05, 0) is 61.4 Å². The highest BCUT2D eigenvalue weighted by Crippen LogP contribution is 2.46. The monoisotopic (exact) mass is 487 g/mol. The molecule has 3 fully saturated rings. The number of carbonyl (C=O) groups excluding carboxylic acids is 3. The maximum absolute atomic E-state index is 13.5. The Morgan fingerprint density at radius 3 is 2.62 bits per heavy atom. The molecule has 0 unspecified atom stereocenters. The Morgan fingerprint density at radius 2 is 1.85 bits per heavy atom. The van der Waals surface area contributed by atoms with Gasteiger partial charge >= 0.3 is 0 Å². The molecule has 3 aliphatic carbocycles. The maximum atomic E-state index is 13.5. The summed E-state index contributed by atoms with van der Waals surface area (Å²) in [5.74, 6) is 0.0702. The van der Waals surface area contributed by atoms with Gasteiger partial charge in [0.1, 0.15) is 17.3 Å². The van der Waals surface area contributed by atoms with Gasteiger partial charge in [0, 0.05) is 23.7 Å². The first kappa shape index (κ1) is 22.5. The standard InChI is InChI=1S/C24H23ClFN3O5/c25-16-3-2-15(8-17(16)26)33-10-22(30)28-19-9-20(14-5-13(19)6-14)29-24(32)12-1-4-18-21(7-12)34-11-23(31)27-18/h1-4,7-8,13-14,19-20H,5-6,9-11H2,(H,27,31)(H,28,30)(H,29,32)/t13?,14?,19-,20+/m1/s1. The number of halogens is 2. The van der Waals surface area contributed by atoms with Crippen molar-refractivity contribution in [3.8, 4) is 11.5 Å². The van der Waals surface area contributed by atoms with E-state index in [4.69, 9.17) is 21.1 Å². The molecule has 2 aromatic carbocycles. The average molecular weight is 488 g/mol. The first-order valence-electron chi connectivity index (χ1n) is 11.1. The third-order valence-corrected chi connectivity index (χ3v) is 6.96. The van der Waals surface area contributed by atoms with Crippen molar-refractivity contribution in [3.05, 3.63) is 52.8 Å². The summed E-state index contributed by atoms with van der Waals surface area (Å²) in [6.45, 7) is -0.321. The minimum absolute atomic E-state index is 0.0127. The summed E-state index contributed by atoms with van der Waals surface area (Å²) >= 11 is 5.66.